The summed E-state index contributed by atoms with van der Waals surface area (Å²) in [7, 11) is -1.89. The minimum atomic E-state index is -3.60. The molecule has 1 aromatic carbocycles. The summed E-state index contributed by atoms with van der Waals surface area (Å²) in [4.78, 5) is 0.190. The van der Waals surface area contributed by atoms with Crippen molar-refractivity contribution in [1.82, 2.24) is 9.78 Å². The lowest BCUT2D eigenvalue weighted by Gasteiger charge is -2.09. The molecule has 1 aromatic heterocycles. The van der Waals surface area contributed by atoms with Gasteiger partial charge in [0, 0.05) is 17.2 Å². The summed E-state index contributed by atoms with van der Waals surface area (Å²) >= 11 is 3.38. The maximum Gasteiger partial charge on any atom is 0.265 e. The fourth-order valence-corrected chi connectivity index (χ4v) is 3.16. The molecule has 0 spiro atoms. The Kier molecular flexibility index (Phi) is 3.69. The number of hydrogen-bond donors (Lipinski definition) is 1. The zero-order valence-electron chi connectivity index (χ0n) is 10.8. The second-order valence-electron chi connectivity index (χ2n) is 4.29. The van der Waals surface area contributed by atoms with E-state index < -0.39 is 10.0 Å². The number of aromatic nitrogens is 2. The standard InChI is InChI=1S/C12H14BrN3O2S/c1-8-6-10(4-5-11(8)13)15-19(17,18)12-7-14-16(3)9(12)2/h4-7,15H,1-3H3. The van der Waals surface area contributed by atoms with Crippen LogP contribution < -0.4 is 4.72 Å². The minimum absolute atomic E-state index is 0.190. The summed E-state index contributed by atoms with van der Waals surface area (Å²) in [5, 5.41) is 3.95. The molecule has 0 fully saturated rings. The molecule has 0 saturated carbocycles. The minimum Gasteiger partial charge on any atom is -0.280 e. The van der Waals surface area contributed by atoms with Crippen LogP contribution in [0.2, 0.25) is 0 Å². The number of nitrogens with one attached hydrogen (secondary N) is 1. The number of benzene rings is 1. The highest BCUT2D eigenvalue weighted by atomic mass is 79.9. The molecule has 0 saturated heterocycles. The Labute approximate surface area is 120 Å². The predicted molar refractivity (Wildman–Crippen MR) is 77.6 cm³/mol. The van der Waals surface area contributed by atoms with Crippen LogP contribution in [-0.4, -0.2) is 18.2 Å². The van der Waals surface area contributed by atoms with Crippen molar-refractivity contribution in [2.75, 3.05) is 4.72 Å². The van der Waals surface area contributed by atoms with E-state index in [1.54, 1.807) is 26.1 Å². The lowest BCUT2D eigenvalue weighted by Crippen LogP contribution is -2.14. The summed E-state index contributed by atoms with van der Waals surface area (Å²) in [6.45, 7) is 3.62. The number of nitrogens with zero attached hydrogens (tertiary/aromatic N) is 2. The Morgan fingerprint density at radius 2 is 2.00 bits per heavy atom. The first-order chi connectivity index (χ1) is 8.81. The molecule has 0 unspecified atom stereocenters. The molecule has 7 heteroatoms. The second-order valence-corrected chi connectivity index (χ2v) is 6.79. The molecule has 2 aromatic rings. The molecule has 1 N–H and O–H groups in total. The topological polar surface area (TPSA) is 64.0 Å². The quantitative estimate of drug-likeness (QED) is 0.931. The lowest BCUT2D eigenvalue weighted by atomic mass is 10.2. The monoisotopic (exact) mass is 343 g/mol. The van der Waals surface area contributed by atoms with Gasteiger partial charge in [-0.3, -0.25) is 9.40 Å². The van der Waals surface area contributed by atoms with Gasteiger partial charge in [0.25, 0.3) is 10.0 Å². The van der Waals surface area contributed by atoms with Crippen LogP contribution in [0.25, 0.3) is 0 Å². The summed E-state index contributed by atoms with van der Waals surface area (Å²) in [6, 6.07) is 5.29. The molecule has 5 nitrogen and oxygen atoms in total. The van der Waals surface area contributed by atoms with Gasteiger partial charge in [0.05, 0.1) is 11.9 Å². The van der Waals surface area contributed by atoms with Gasteiger partial charge >= 0.3 is 0 Å². The van der Waals surface area contributed by atoms with Gasteiger partial charge in [0.15, 0.2) is 0 Å². The SMILES string of the molecule is Cc1cc(NS(=O)(=O)c2cnn(C)c2C)ccc1Br. The van der Waals surface area contributed by atoms with Gasteiger partial charge in [-0.15, -0.1) is 0 Å². The number of rotatable bonds is 3. The molecule has 102 valence electrons. The zero-order chi connectivity index (χ0) is 14.2. The van der Waals surface area contributed by atoms with Gasteiger partial charge in [-0.2, -0.15) is 5.10 Å². The summed E-state index contributed by atoms with van der Waals surface area (Å²) < 4.78 is 29.5. The van der Waals surface area contributed by atoms with Crippen LogP contribution in [-0.2, 0) is 17.1 Å². The third kappa shape index (κ3) is 2.82. The summed E-state index contributed by atoms with van der Waals surface area (Å²) in [5.74, 6) is 0. The van der Waals surface area contributed by atoms with E-state index in [0.717, 1.165) is 10.0 Å². The number of halogens is 1. The Morgan fingerprint density at radius 3 is 2.53 bits per heavy atom. The average molecular weight is 344 g/mol. The van der Waals surface area contributed by atoms with Crippen LogP contribution in [0.3, 0.4) is 0 Å². The van der Waals surface area contributed by atoms with Gasteiger partial charge in [0.1, 0.15) is 4.90 Å². The summed E-state index contributed by atoms with van der Waals surface area (Å²) in [5.41, 5.74) is 2.09. The lowest BCUT2D eigenvalue weighted by molar-refractivity contribution is 0.600. The van der Waals surface area contributed by atoms with Crippen molar-refractivity contribution in [3.8, 4) is 0 Å². The third-order valence-corrected chi connectivity index (χ3v) is 5.26. The van der Waals surface area contributed by atoms with E-state index >= 15 is 0 Å². The molecule has 0 aliphatic carbocycles. The van der Waals surface area contributed by atoms with Crippen LogP contribution >= 0.6 is 15.9 Å². The highest BCUT2D eigenvalue weighted by molar-refractivity contribution is 9.10. The maximum atomic E-state index is 12.3. The van der Waals surface area contributed by atoms with Crippen molar-refractivity contribution < 1.29 is 8.42 Å². The van der Waals surface area contributed by atoms with E-state index in [1.165, 1.54) is 10.9 Å². The first kappa shape index (κ1) is 14.1. The van der Waals surface area contributed by atoms with Crippen molar-refractivity contribution in [3.05, 3.63) is 40.1 Å². The van der Waals surface area contributed by atoms with Crippen molar-refractivity contribution in [1.29, 1.82) is 0 Å². The molecule has 0 aliphatic heterocycles. The smallest absolute Gasteiger partial charge is 0.265 e. The van der Waals surface area contributed by atoms with E-state index in [-0.39, 0.29) is 4.90 Å². The Hall–Kier alpha value is -1.34. The molecule has 0 amide bonds. The molecule has 0 atom stereocenters. The largest absolute Gasteiger partial charge is 0.280 e. The van der Waals surface area contributed by atoms with Crippen LogP contribution in [0.4, 0.5) is 5.69 Å². The third-order valence-electron chi connectivity index (χ3n) is 2.89. The van der Waals surface area contributed by atoms with E-state index in [2.05, 4.69) is 25.8 Å². The van der Waals surface area contributed by atoms with Gasteiger partial charge in [-0.05, 0) is 37.6 Å². The zero-order valence-corrected chi connectivity index (χ0v) is 13.2. The Morgan fingerprint density at radius 1 is 1.32 bits per heavy atom. The maximum absolute atomic E-state index is 12.3. The van der Waals surface area contributed by atoms with E-state index in [1.807, 2.05) is 13.0 Å². The molecule has 1 heterocycles. The van der Waals surface area contributed by atoms with E-state index in [9.17, 15) is 8.42 Å². The predicted octanol–water partition coefficient (Wildman–Crippen LogP) is 2.60. The van der Waals surface area contributed by atoms with Crippen molar-refractivity contribution in [2.45, 2.75) is 18.7 Å². The molecule has 0 bridgehead atoms. The van der Waals surface area contributed by atoms with E-state index in [4.69, 9.17) is 0 Å². The highest BCUT2D eigenvalue weighted by Crippen LogP contribution is 2.23. The number of sulfonamides is 1. The number of hydrogen-bond acceptors (Lipinski definition) is 3. The molecular formula is C12H14BrN3O2S. The molecule has 2 rings (SSSR count). The normalized spacial score (nSPS) is 11.6. The van der Waals surface area contributed by atoms with Gasteiger partial charge in [0.2, 0.25) is 0 Å². The van der Waals surface area contributed by atoms with Crippen LogP contribution in [0.15, 0.2) is 33.8 Å². The molecule has 0 radical (unpaired) electrons. The fraction of sp³-hybridized carbons (Fsp3) is 0.250. The van der Waals surface area contributed by atoms with Crippen LogP contribution in [0.1, 0.15) is 11.3 Å². The highest BCUT2D eigenvalue weighted by Gasteiger charge is 2.20. The average Bonchev–Trinajstić information content (AvgIpc) is 2.65. The van der Waals surface area contributed by atoms with Crippen molar-refractivity contribution in [2.24, 2.45) is 7.05 Å². The number of anilines is 1. The summed E-state index contributed by atoms with van der Waals surface area (Å²) in [6.07, 6.45) is 1.35. The second kappa shape index (κ2) is 4.97. The molecule has 0 aliphatic rings. The van der Waals surface area contributed by atoms with E-state index in [0.29, 0.717) is 11.4 Å². The van der Waals surface area contributed by atoms with Crippen LogP contribution in [0.5, 0.6) is 0 Å². The van der Waals surface area contributed by atoms with Gasteiger partial charge < -0.3 is 0 Å². The van der Waals surface area contributed by atoms with Gasteiger partial charge in [-0.1, -0.05) is 15.9 Å². The molecular weight excluding hydrogens is 330 g/mol. The van der Waals surface area contributed by atoms with Crippen molar-refractivity contribution in [3.63, 3.8) is 0 Å². The first-order valence-corrected chi connectivity index (χ1v) is 7.86. The Balaban J connectivity index is 2.36. The Bertz CT molecular complexity index is 723. The fourth-order valence-electron chi connectivity index (χ4n) is 1.66. The van der Waals surface area contributed by atoms with Crippen molar-refractivity contribution >= 4 is 31.6 Å². The van der Waals surface area contributed by atoms with Crippen LogP contribution in [0, 0.1) is 13.8 Å². The molecule has 19 heavy (non-hydrogen) atoms. The van der Waals surface area contributed by atoms with Gasteiger partial charge in [-0.25, -0.2) is 8.42 Å². The number of aryl methyl sites for hydroxylation is 2. The first-order valence-electron chi connectivity index (χ1n) is 5.59.